The maximum absolute atomic E-state index is 14.1. The number of halogens is 1. The first-order chi connectivity index (χ1) is 19.7. The molecule has 220 valence electrons. The van der Waals surface area contributed by atoms with Gasteiger partial charge in [0.2, 0.25) is 5.78 Å². The first-order valence-electron chi connectivity index (χ1n) is 13.3. The Hall–Kier alpha value is -4.48. The van der Waals surface area contributed by atoms with E-state index in [1.165, 1.54) is 17.0 Å². The smallest absolute Gasteiger partial charge is 0.255 e. The topological polar surface area (TPSA) is 165 Å². The number of hydrogen-bond donors (Lipinski definition) is 5. The number of Topliss-reactive ketones (excluding diaryl/α,β-unsaturated/α-hetero) is 2. The number of anilines is 1. The molecule has 0 radical (unpaired) electrons. The largest absolute Gasteiger partial charge is 0.510 e. The average molecular weight is 578 g/mol. The molecule has 0 spiro atoms. The summed E-state index contributed by atoms with van der Waals surface area (Å²) in [6.45, 7) is 0. The third-order valence-corrected chi connectivity index (χ3v) is 8.54. The van der Waals surface area contributed by atoms with E-state index < -0.39 is 63.9 Å². The van der Waals surface area contributed by atoms with Crippen LogP contribution in [0.5, 0.6) is 5.75 Å². The number of fused-ring (bicyclic) bond motifs is 3. The summed E-state index contributed by atoms with van der Waals surface area (Å²) in [6, 6.07) is 6.36. The van der Waals surface area contributed by atoms with Crippen LogP contribution in [0, 0.1) is 17.7 Å². The fourth-order valence-electron chi connectivity index (χ4n) is 6.61. The zero-order valence-electron chi connectivity index (χ0n) is 23.6. The fraction of sp³-hybridized carbons (Fsp3) is 0.323. The number of hydrogen-bond acceptors (Lipinski definition) is 9. The number of carbonyl (C=O) groups excluding carboxylic acids is 3. The number of benzene rings is 2. The summed E-state index contributed by atoms with van der Waals surface area (Å²) in [5.41, 5.74) is 3.61. The number of rotatable bonds is 5. The lowest BCUT2D eigenvalue weighted by atomic mass is 9.58. The second-order valence-corrected chi connectivity index (χ2v) is 11.4. The van der Waals surface area contributed by atoms with Gasteiger partial charge in [0, 0.05) is 36.8 Å². The van der Waals surface area contributed by atoms with Crippen molar-refractivity contribution in [1.29, 1.82) is 0 Å². The molecule has 3 aliphatic rings. The van der Waals surface area contributed by atoms with Crippen molar-refractivity contribution < 1.29 is 39.2 Å². The number of aliphatic hydroxyl groups excluding tert-OH is 2. The van der Waals surface area contributed by atoms with Gasteiger partial charge in [-0.05, 0) is 62.2 Å². The van der Waals surface area contributed by atoms with E-state index in [-0.39, 0.29) is 35.3 Å². The van der Waals surface area contributed by atoms with Crippen molar-refractivity contribution in [3.05, 3.63) is 81.1 Å². The van der Waals surface area contributed by atoms with Gasteiger partial charge in [-0.15, -0.1) is 0 Å². The van der Waals surface area contributed by atoms with Crippen molar-refractivity contribution in [3.63, 3.8) is 0 Å². The zero-order valence-corrected chi connectivity index (χ0v) is 23.6. The van der Waals surface area contributed by atoms with Gasteiger partial charge in [-0.3, -0.25) is 19.3 Å². The minimum Gasteiger partial charge on any atom is -0.510 e. The molecule has 5 rings (SSSR count). The minimum absolute atomic E-state index is 0.00557. The monoisotopic (exact) mass is 577 g/mol. The Labute approximate surface area is 241 Å². The molecule has 1 amide bonds. The van der Waals surface area contributed by atoms with Crippen molar-refractivity contribution >= 4 is 35.3 Å². The second kappa shape index (κ2) is 10.1. The molecule has 0 saturated carbocycles. The van der Waals surface area contributed by atoms with Crippen LogP contribution in [0.4, 0.5) is 10.1 Å². The van der Waals surface area contributed by atoms with E-state index in [1.54, 1.807) is 63.4 Å². The van der Waals surface area contributed by atoms with E-state index in [9.17, 15) is 39.2 Å². The minimum atomic E-state index is -2.70. The van der Waals surface area contributed by atoms with E-state index in [0.29, 0.717) is 16.8 Å². The SMILES string of the molecule is CN(C)c1cc(/C=C/c2ccc(F)cc2)c(O)c2c1C[C@@H]1C[C@@H]3[C@@H](N(C)C)C(O)=C(C(N)=O)C(=O)[C@]3(O)C(O)=C1C2=O. The summed E-state index contributed by atoms with van der Waals surface area (Å²) in [7, 11) is 6.72. The highest BCUT2D eigenvalue weighted by molar-refractivity contribution is 6.25. The normalized spacial score (nSPS) is 25.5. The number of allylic oxidation sites excluding steroid dienone is 1. The number of likely N-dealkylation sites (N-methyl/N-ethyl adjacent to an activating group) is 1. The molecule has 0 heterocycles. The van der Waals surface area contributed by atoms with Gasteiger partial charge < -0.3 is 31.1 Å². The molecule has 0 aliphatic heterocycles. The van der Waals surface area contributed by atoms with Gasteiger partial charge in [0.15, 0.2) is 11.4 Å². The van der Waals surface area contributed by atoms with E-state index in [4.69, 9.17) is 5.73 Å². The summed E-state index contributed by atoms with van der Waals surface area (Å²) < 4.78 is 13.3. The number of phenolic OH excluding ortho intramolecular Hbond substituents is 1. The first-order valence-corrected chi connectivity index (χ1v) is 13.3. The van der Waals surface area contributed by atoms with Crippen LogP contribution in [0.2, 0.25) is 0 Å². The number of phenols is 1. The van der Waals surface area contributed by atoms with Crippen LogP contribution in [-0.4, -0.2) is 82.6 Å². The number of amides is 1. The fourth-order valence-corrected chi connectivity index (χ4v) is 6.61. The van der Waals surface area contributed by atoms with Crippen LogP contribution in [0.15, 0.2) is 53.0 Å². The molecule has 0 aromatic heterocycles. The van der Waals surface area contributed by atoms with Crippen LogP contribution in [0.25, 0.3) is 12.2 Å². The molecule has 2 aromatic carbocycles. The quantitative estimate of drug-likeness (QED) is 0.265. The third-order valence-electron chi connectivity index (χ3n) is 8.54. The molecular formula is C31H32FN3O7. The first kappa shape index (κ1) is 29.0. The summed E-state index contributed by atoms with van der Waals surface area (Å²) >= 11 is 0. The van der Waals surface area contributed by atoms with Gasteiger partial charge in [-0.25, -0.2) is 4.39 Å². The molecule has 10 nitrogen and oxygen atoms in total. The van der Waals surface area contributed by atoms with Gasteiger partial charge in [0.1, 0.15) is 28.7 Å². The Morgan fingerprint density at radius 1 is 1.07 bits per heavy atom. The predicted octanol–water partition coefficient (Wildman–Crippen LogP) is 2.50. The molecule has 0 bridgehead atoms. The van der Waals surface area contributed by atoms with Crippen molar-refractivity contribution in [3.8, 4) is 5.75 Å². The van der Waals surface area contributed by atoms with E-state index in [0.717, 1.165) is 0 Å². The van der Waals surface area contributed by atoms with Crippen molar-refractivity contribution in [2.24, 2.45) is 17.6 Å². The lowest BCUT2D eigenvalue weighted by Gasteiger charge is -2.50. The van der Waals surface area contributed by atoms with Crippen molar-refractivity contribution in [2.75, 3.05) is 33.1 Å². The van der Waals surface area contributed by atoms with E-state index in [1.807, 2.05) is 0 Å². The molecule has 42 heavy (non-hydrogen) atoms. The maximum Gasteiger partial charge on any atom is 0.255 e. The second-order valence-electron chi connectivity index (χ2n) is 11.4. The summed E-state index contributed by atoms with van der Waals surface area (Å²) in [5, 5.41) is 45.5. The number of aliphatic hydroxyl groups is 3. The molecule has 0 fully saturated rings. The average Bonchev–Trinajstić information content (AvgIpc) is 2.90. The molecule has 0 saturated heterocycles. The van der Waals surface area contributed by atoms with Crippen molar-refractivity contribution in [2.45, 2.75) is 24.5 Å². The van der Waals surface area contributed by atoms with E-state index in [2.05, 4.69) is 0 Å². The Kier molecular flexibility index (Phi) is 6.99. The van der Waals surface area contributed by atoms with Crippen LogP contribution in [-0.2, 0) is 16.0 Å². The lowest BCUT2D eigenvalue weighted by Crippen LogP contribution is -2.63. The van der Waals surface area contributed by atoms with Gasteiger partial charge in [-0.1, -0.05) is 24.3 Å². The Morgan fingerprint density at radius 3 is 2.29 bits per heavy atom. The lowest BCUT2D eigenvalue weighted by molar-refractivity contribution is -0.148. The highest BCUT2D eigenvalue weighted by atomic mass is 19.1. The van der Waals surface area contributed by atoms with Crippen LogP contribution in [0.1, 0.15) is 33.5 Å². The number of carbonyl (C=O) groups is 3. The third kappa shape index (κ3) is 4.19. The van der Waals surface area contributed by atoms with Crippen molar-refractivity contribution in [1.82, 2.24) is 4.90 Å². The molecule has 2 aromatic rings. The summed E-state index contributed by atoms with van der Waals surface area (Å²) in [6.07, 6.45) is 3.41. The number of primary amides is 1. The molecule has 3 aliphatic carbocycles. The molecule has 4 atom stereocenters. The number of ketones is 2. The number of nitrogens with two attached hydrogens (primary N) is 1. The van der Waals surface area contributed by atoms with E-state index >= 15 is 0 Å². The number of nitrogens with zero attached hydrogens (tertiary/aromatic N) is 2. The predicted molar refractivity (Wildman–Crippen MR) is 153 cm³/mol. The van der Waals surface area contributed by atoms with Crippen LogP contribution in [0.3, 0.4) is 0 Å². The maximum atomic E-state index is 14.1. The zero-order chi connectivity index (χ0) is 30.8. The highest BCUT2D eigenvalue weighted by Crippen LogP contribution is 2.53. The Morgan fingerprint density at radius 2 is 1.71 bits per heavy atom. The summed E-state index contributed by atoms with van der Waals surface area (Å²) in [5.74, 6) is -7.39. The molecule has 0 unspecified atom stereocenters. The molecule has 6 N–H and O–H groups in total. The van der Waals surface area contributed by atoms with Gasteiger partial charge in [-0.2, -0.15) is 0 Å². The molecule has 11 heteroatoms. The summed E-state index contributed by atoms with van der Waals surface area (Å²) in [4.78, 5) is 43.0. The van der Waals surface area contributed by atoms with Gasteiger partial charge in [0.25, 0.3) is 5.91 Å². The Balaban J connectivity index is 1.69. The van der Waals surface area contributed by atoms with Crippen LogP contribution >= 0.6 is 0 Å². The standard InChI is InChI=1S/C31H32FN3O7/c1-34(2)20-13-15(8-5-14-6-9-17(32)10-7-14)25(36)22-18(20)11-16-12-19-24(35(3)4)27(38)23(30(33)41)29(40)31(19,42)28(39)21(16)26(22)37/h5-10,13,16,19,24,36,38-39,42H,11-12H2,1-4H3,(H2,33,41)/b8-5+/t16-,19-,24-,31-/m1/s1. The Bertz CT molecular complexity index is 1620. The van der Waals surface area contributed by atoms with Crippen LogP contribution < -0.4 is 10.6 Å². The van der Waals surface area contributed by atoms with Gasteiger partial charge >= 0.3 is 0 Å². The highest BCUT2D eigenvalue weighted by Gasteiger charge is 2.63. The number of aromatic hydroxyl groups is 1. The van der Waals surface area contributed by atoms with Gasteiger partial charge in [0.05, 0.1) is 11.6 Å². The molecular weight excluding hydrogens is 545 g/mol.